The molecule has 3 N–H and O–H groups in total. The molecule has 88 valence electrons. The van der Waals surface area contributed by atoms with Gasteiger partial charge in [0.25, 0.3) is 0 Å². The Morgan fingerprint density at radius 3 is 2.40 bits per heavy atom. The molecule has 3 heteroatoms. The molecule has 1 fully saturated rings. The number of rotatable bonds is 4. The Kier molecular flexibility index (Phi) is 4.14. The van der Waals surface area contributed by atoms with E-state index >= 15 is 0 Å². The van der Waals surface area contributed by atoms with Gasteiger partial charge < -0.3 is 11.1 Å². The van der Waals surface area contributed by atoms with Gasteiger partial charge in [-0.25, -0.2) is 0 Å². The first-order valence-electron chi connectivity index (χ1n) is 6.01. The second-order valence-corrected chi connectivity index (χ2v) is 5.40. The van der Waals surface area contributed by atoms with Crippen LogP contribution in [0.25, 0.3) is 0 Å². The molecule has 3 nitrogen and oxygen atoms in total. The van der Waals surface area contributed by atoms with Gasteiger partial charge in [0, 0.05) is 0 Å². The fourth-order valence-electron chi connectivity index (χ4n) is 2.16. The highest BCUT2D eigenvalue weighted by Gasteiger charge is 2.38. The summed E-state index contributed by atoms with van der Waals surface area (Å²) in [5.74, 6) is 1.12. The second kappa shape index (κ2) is 4.97. The smallest absolute Gasteiger partial charge is 0.237 e. The van der Waals surface area contributed by atoms with Gasteiger partial charge in [0.15, 0.2) is 0 Å². The molecule has 0 spiro atoms. The fraction of sp³-hybridized carbons (Fsp3) is 0.917. The lowest BCUT2D eigenvalue weighted by molar-refractivity contribution is -0.126. The molecule has 0 unspecified atom stereocenters. The average molecular weight is 212 g/mol. The molecule has 0 atom stereocenters. The number of primary amides is 1. The molecule has 0 saturated heterocycles. The van der Waals surface area contributed by atoms with Gasteiger partial charge in [-0.15, -0.1) is 0 Å². The van der Waals surface area contributed by atoms with Crippen LogP contribution in [-0.2, 0) is 4.79 Å². The van der Waals surface area contributed by atoms with Crippen LogP contribution in [0.1, 0.15) is 46.5 Å². The zero-order valence-corrected chi connectivity index (χ0v) is 10.2. The third-order valence-electron chi connectivity index (χ3n) is 3.45. The third-order valence-corrected chi connectivity index (χ3v) is 3.45. The fourth-order valence-corrected chi connectivity index (χ4v) is 2.16. The van der Waals surface area contributed by atoms with Crippen LogP contribution in [0.15, 0.2) is 0 Å². The van der Waals surface area contributed by atoms with E-state index < -0.39 is 5.54 Å². The van der Waals surface area contributed by atoms with E-state index in [1.165, 1.54) is 0 Å². The maximum Gasteiger partial charge on any atom is 0.237 e. The summed E-state index contributed by atoms with van der Waals surface area (Å²) < 4.78 is 0. The van der Waals surface area contributed by atoms with Gasteiger partial charge in [0.2, 0.25) is 5.91 Å². The molecule has 0 heterocycles. The molecule has 1 rings (SSSR count). The summed E-state index contributed by atoms with van der Waals surface area (Å²) in [6.45, 7) is 7.41. The van der Waals surface area contributed by atoms with Crippen molar-refractivity contribution in [2.45, 2.75) is 52.0 Å². The summed E-state index contributed by atoms with van der Waals surface area (Å²) in [6.07, 6.45) is 4.01. The van der Waals surface area contributed by atoms with Crippen molar-refractivity contribution in [3.63, 3.8) is 0 Å². The Morgan fingerprint density at radius 2 is 2.00 bits per heavy atom. The predicted octanol–water partition coefficient (Wildman–Crippen LogP) is 1.67. The minimum atomic E-state index is -0.420. The standard InChI is InChI=1S/C12H24N2O/c1-9(2)8-14-12(11(13)15)6-4-10(3)5-7-12/h9-10,14H,4-8H2,1-3H3,(H2,13,15). The maximum atomic E-state index is 11.6. The number of nitrogens with one attached hydrogen (secondary N) is 1. The van der Waals surface area contributed by atoms with Crippen molar-refractivity contribution < 1.29 is 4.79 Å². The molecule has 0 bridgehead atoms. The van der Waals surface area contributed by atoms with Crippen LogP contribution in [0.4, 0.5) is 0 Å². The Hall–Kier alpha value is -0.570. The number of amides is 1. The normalized spacial score (nSPS) is 31.9. The zero-order valence-electron chi connectivity index (χ0n) is 10.2. The molecule has 0 aromatic carbocycles. The maximum absolute atomic E-state index is 11.6. The molecule has 1 saturated carbocycles. The van der Waals surface area contributed by atoms with Crippen LogP contribution in [0.3, 0.4) is 0 Å². The number of hydrogen-bond acceptors (Lipinski definition) is 2. The Bertz CT molecular complexity index is 218. The van der Waals surface area contributed by atoms with Crippen LogP contribution in [0, 0.1) is 11.8 Å². The van der Waals surface area contributed by atoms with Crippen LogP contribution >= 0.6 is 0 Å². The molecule has 1 amide bonds. The molecule has 1 aliphatic rings. The largest absolute Gasteiger partial charge is 0.368 e. The van der Waals surface area contributed by atoms with Crippen LogP contribution in [-0.4, -0.2) is 18.0 Å². The lowest BCUT2D eigenvalue weighted by Crippen LogP contribution is -2.57. The van der Waals surface area contributed by atoms with Crippen LogP contribution < -0.4 is 11.1 Å². The Balaban J connectivity index is 2.59. The van der Waals surface area contributed by atoms with Gasteiger partial charge in [-0.2, -0.15) is 0 Å². The molecular weight excluding hydrogens is 188 g/mol. The minimum Gasteiger partial charge on any atom is -0.368 e. The van der Waals surface area contributed by atoms with Gasteiger partial charge in [-0.05, 0) is 44.1 Å². The van der Waals surface area contributed by atoms with E-state index in [1.807, 2.05) is 0 Å². The Labute approximate surface area is 92.8 Å². The summed E-state index contributed by atoms with van der Waals surface area (Å²) in [7, 11) is 0. The molecule has 0 radical (unpaired) electrons. The number of carbonyl (C=O) groups is 1. The zero-order chi connectivity index (χ0) is 11.5. The van der Waals surface area contributed by atoms with Crippen molar-refractivity contribution in [1.29, 1.82) is 0 Å². The second-order valence-electron chi connectivity index (χ2n) is 5.40. The third kappa shape index (κ3) is 3.20. The first-order chi connectivity index (χ1) is 6.96. The highest BCUT2D eigenvalue weighted by Crippen LogP contribution is 2.31. The Morgan fingerprint density at radius 1 is 1.47 bits per heavy atom. The molecule has 0 aliphatic heterocycles. The predicted molar refractivity (Wildman–Crippen MR) is 62.4 cm³/mol. The van der Waals surface area contributed by atoms with Gasteiger partial charge in [0.1, 0.15) is 0 Å². The van der Waals surface area contributed by atoms with Crippen molar-refractivity contribution in [3.8, 4) is 0 Å². The molecule has 0 aromatic rings. The van der Waals surface area contributed by atoms with E-state index in [-0.39, 0.29) is 5.91 Å². The highest BCUT2D eigenvalue weighted by molar-refractivity contribution is 5.84. The van der Waals surface area contributed by atoms with Crippen molar-refractivity contribution in [3.05, 3.63) is 0 Å². The molecule has 15 heavy (non-hydrogen) atoms. The topological polar surface area (TPSA) is 55.1 Å². The highest BCUT2D eigenvalue weighted by atomic mass is 16.1. The van der Waals surface area contributed by atoms with E-state index in [0.29, 0.717) is 5.92 Å². The van der Waals surface area contributed by atoms with Gasteiger partial charge >= 0.3 is 0 Å². The van der Waals surface area contributed by atoms with Crippen molar-refractivity contribution in [2.24, 2.45) is 17.6 Å². The number of nitrogens with two attached hydrogens (primary N) is 1. The lowest BCUT2D eigenvalue weighted by Gasteiger charge is -2.38. The van der Waals surface area contributed by atoms with E-state index in [1.54, 1.807) is 0 Å². The van der Waals surface area contributed by atoms with Gasteiger partial charge in [-0.1, -0.05) is 20.8 Å². The van der Waals surface area contributed by atoms with Crippen molar-refractivity contribution >= 4 is 5.91 Å². The molecular formula is C12H24N2O. The van der Waals surface area contributed by atoms with Crippen molar-refractivity contribution in [2.75, 3.05) is 6.54 Å². The summed E-state index contributed by atoms with van der Waals surface area (Å²) in [4.78, 5) is 11.6. The van der Waals surface area contributed by atoms with Crippen LogP contribution in [0.5, 0.6) is 0 Å². The SMILES string of the molecule is CC(C)CNC1(C(N)=O)CCC(C)CC1. The molecule has 1 aliphatic carbocycles. The summed E-state index contributed by atoms with van der Waals surface area (Å²) in [6, 6.07) is 0. The van der Waals surface area contributed by atoms with Crippen molar-refractivity contribution in [1.82, 2.24) is 5.32 Å². The van der Waals surface area contributed by atoms with Crippen LogP contribution in [0.2, 0.25) is 0 Å². The summed E-state index contributed by atoms with van der Waals surface area (Å²) in [5, 5.41) is 3.38. The lowest BCUT2D eigenvalue weighted by atomic mass is 9.76. The van der Waals surface area contributed by atoms with E-state index in [9.17, 15) is 4.79 Å². The summed E-state index contributed by atoms with van der Waals surface area (Å²) >= 11 is 0. The number of carbonyl (C=O) groups excluding carboxylic acids is 1. The minimum absolute atomic E-state index is 0.171. The summed E-state index contributed by atoms with van der Waals surface area (Å²) in [5.41, 5.74) is 5.11. The van der Waals surface area contributed by atoms with E-state index in [2.05, 4.69) is 26.1 Å². The quantitative estimate of drug-likeness (QED) is 0.744. The number of hydrogen-bond donors (Lipinski definition) is 2. The monoisotopic (exact) mass is 212 g/mol. The first-order valence-corrected chi connectivity index (χ1v) is 6.01. The van der Waals surface area contributed by atoms with Gasteiger partial charge in [0.05, 0.1) is 5.54 Å². The first kappa shape index (κ1) is 12.5. The van der Waals surface area contributed by atoms with E-state index in [0.717, 1.165) is 38.1 Å². The van der Waals surface area contributed by atoms with E-state index in [4.69, 9.17) is 5.73 Å². The van der Waals surface area contributed by atoms with Gasteiger partial charge in [-0.3, -0.25) is 4.79 Å². The average Bonchev–Trinajstić information content (AvgIpc) is 2.17. The molecule has 0 aromatic heterocycles.